The summed E-state index contributed by atoms with van der Waals surface area (Å²) in [5, 5.41) is 7.26. The Labute approximate surface area is 165 Å². The van der Waals surface area contributed by atoms with Gasteiger partial charge in [-0.15, -0.1) is 11.3 Å². The summed E-state index contributed by atoms with van der Waals surface area (Å²) >= 11 is 3.40. The van der Waals surface area contributed by atoms with Crippen molar-refractivity contribution >= 4 is 38.0 Å². The van der Waals surface area contributed by atoms with E-state index in [0.717, 1.165) is 48.1 Å². The van der Waals surface area contributed by atoms with E-state index in [9.17, 15) is 0 Å². The van der Waals surface area contributed by atoms with Crippen molar-refractivity contribution in [2.45, 2.75) is 13.0 Å². The van der Waals surface area contributed by atoms with Gasteiger partial charge in [0.15, 0.2) is 5.13 Å². The highest BCUT2D eigenvalue weighted by molar-refractivity contribution is 7.22. The number of para-hydroxylation sites is 1. The van der Waals surface area contributed by atoms with Gasteiger partial charge in [-0.05, 0) is 30.0 Å². The summed E-state index contributed by atoms with van der Waals surface area (Å²) in [5.74, 6) is 1.37. The first-order valence-corrected chi connectivity index (χ1v) is 10.7. The first-order chi connectivity index (χ1) is 13.3. The minimum absolute atomic E-state index is 0.686. The molecule has 0 unspecified atom stereocenters. The predicted octanol–water partition coefficient (Wildman–Crippen LogP) is 4.12. The second-order valence-corrected chi connectivity index (χ2v) is 8.53. The number of hydrogen-bond donors (Lipinski definition) is 0. The minimum Gasteiger partial charge on any atom is -0.347 e. The van der Waals surface area contributed by atoms with Crippen LogP contribution in [0.5, 0.6) is 0 Å². The van der Waals surface area contributed by atoms with E-state index in [1.54, 1.807) is 22.7 Å². The van der Waals surface area contributed by atoms with Crippen molar-refractivity contribution in [3.05, 3.63) is 47.7 Å². The molecule has 0 saturated carbocycles. The van der Waals surface area contributed by atoms with E-state index >= 15 is 0 Å². The Balaban J connectivity index is 1.25. The molecule has 0 amide bonds. The zero-order valence-corrected chi connectivity index (χ0v) is 16.4. The molecule has 5 rings (SSSR count). The molecule has 0 atom stereocenters. The SMILES string of the molecule is c1csc(-c2noc(CN3CCCN(c4nc5ccccc5s4)CC3)n2)c1. The fourth-order valence-corrected chi connectivity index (χ4v) is 5.00. The molecule has 6 nitrogen and oxygen atoms in total. The number of fused-ring (bicyclic) bond motifs is 1. The minimum atomic E-state index is 0.686. The molecule has 8 heteroatoms. The quantitative estimate of drug-likeness (QED) is 0.516. The van der Waals surface area contributed by atoms with Crippen molar-refractivity contribution in [2.75, 3.05) is 31.1 Å². The van der Waals surface area contributed by atoms with Gasteiger partial charge >= 0.3 is 0 Å². The zero-order chi connectivity index (χ0) is 18.1. The molecular weight excluding hydrogens is 378 g/mol. The van der Waals surface area contributed by atoms with Crippen molar-refractivity contribution in [3.8, 4) is 10.7 Å². The fraction of sp³-hybridized carbons (Fsp3) is 0.316. The zero-order valence-electron chi connectivity index (χ0n) is 14.7. The number of thiazole rings is 1. The molecular formula is C19H19N5OS2. The van der Waals surface area contributed by atoms with Crippen LogP contribution < -0.4 is 4.90 Å². The first-order valence-electron chi connectivity index (χ1n) is 9.04. The van der Waals surface area contributed by atoms with E-state index in [2.05, 4.69) is 38.1 Å². The lowest BCUT2D eigenvalue weighted by molar-refractivity contribution is 0.239. The molecule has 3 aromatic heterocycles. The lowest BCUT2D eigenvalue weighted by Crippen LogP contribution is -2.30. The molecule has 1 fully saturated rings. The molecule has 4 heterocycles. The predicted molar refractivity (Wildman–Crippen MR) is 109 cm³/mol. The molecule has 0 aliphatic carbocycles. The summed E-state index contributed by atoms with van der Waals surface area (Å²) in [6, 6.07) is 12.4. The van der Waals surface area contributed by atoms with Crippen molar-refractivity contribution in [3.63, 3.8) is 0 Å². The maximum Gasteiger partial charge on any atom is 0.241 e. The van der Waals surface area contributed by atoms with Crippen LogP contribution in [0.1, 0.15) is 12.3 Å². The average molecular weight is 398 g/mol. The number of hydrogen-bond acceptors (Lipinski definition) is 8. The van der Waals surface area contributed by atoms with E-state index in [1.165, 1.54) is 4.70 Å². The maximum atomic E-state index is 5.46. The number of anilines is 1. The Hall–Kier alpha value is -2.29. The normalized spacial score (nSPS) is 16.1. The van der Waals surface area contributed by atoms with Crippen LogP contribution in [0.15, 0.2) is 46.3 Å². The van der Waals surface area contributed by atoms with Crippen LogP contribution in [0.3, 0.4) is 0 Å². The first kappa shape index (κ1) is 16.9. The monoisotopic (exact) mass is 397 g/mol. The largest absolute Gasteiger partial charge is 0.347 e. The van der Waals surface area contributed by atoms with Crippen LogP contribution in [-0.2, 0) is 6.54 Å². The van der Waals surface area contributed by atoms with E-state index in [-0.39, 0.29) is 0 Å². The second kappa shape index (κ2) is 7.38. The molecule has 0 bridgehead atoms. The van der Waals surface area contributed by atoms with Crippen molar-refractivity contribution < 1.29 is 4.52 Å². The van der Waals surface area contributed by atoms with E-state index < -0.39 is 0 Å². The molecule has 4 aromatic rings. The summed E-state index contributed by atoms with van der Waals surface area (Å²) in [6.45, 7) is 4.68. The van der Waals surface area contributed by atoms with Crippen molar-refractivity contribution in [1.29, 1.82) is 0 Å². The molecule has 138 valence electrons. The topological polar surface area (TPSA) is 58.3 Å². The Kier molecular flexibility index (Phi) is 4.61. The molecule has 1 saturated heterocycles. The second-order valence-electron chi connectivity index (χ2n) is 6.57. The summed E-state index contributed by atoms with van der Waals surface area (Å²) in [6.07, 6.45) is 1.10. The highest BCUT2D eigenvalue weighted by Gasteiger charge is 2.20. The van der Waals surface area contributed by atoms with Gasteiger partial charge in [-0.1, -0.05) is 34.7 Å². The summed E-state index contributed by atoms with van der Waals surface area (Å²) < 4.78 is 6.71. The lowest BCUT2D eigenvalue weighted by Gasteiger charge is -2.20. The van der Waals surface area contributed by atoms with Crippen LogP contribution >= 0.6 is 22.7 Å². The number of rotatable bonds is 4. The average Bonchev–Trinajstić information content (AvgIpc) is 3.40. The van der Waals surface area contributed by atoms with Crippen LogP contribution in [0, 0.1) is 0 Å². The maximum absolute atomic E-state index is 5.46. The molecule has 27 heavy (non-hydrogen) atoms. The van der Waals surface area contributed by atoms with Gasteiger partial charge in [-0.25, -0.2) is 4.98 Å². The molecule has 1 aliphatic heterocycles. The van der Waals surface area contributed by atoms with Gasteiger partial charge in [0.2, 0.25) is 11.7 Å². The highest BCUT2D eigenvalue weighted by atomic mass is 32.1. The van der Waals surface area contributed by atoms with Gasteiger partial charge in [0.25, 0.3) is 0 Å². The Morgan fingerprint density at radius 2 is 1.96 bits per heavy atom. The smallest absolute Gasteiger partial charge is 0.241 e. The van der Waals surface area contributed by atoms with Gasteiger partial charge < -0.3 is 9.42 Å². The molecule has 0 N–H and O–H groups in total. The standard InChI is InChI=1S/C19H19N5OS2/c1-2-6-15-14(5-1)20-19(27-15)24-9-4-8-23(10-11-24)13-17-21-18(22-25-17)16-7-3-12-26-16/h1-3,5-7,12H,4,8-11,13H2. The third-order valence-electron chi connectivity index (χ3n) is 4.71. The van der Waals surface area contributed by atoms with Gasteiger partial charge in [-0.2, -0.15) is 4.98 Å². The van der Waals surface area contributed by atoms with E-state index in [4.69, 9.17) is 9.51 Å². The fourth-order valence-electron chi connectivity index (χ4n) is 3.33. The molecule has 1 aliphatic rings. The summed E-state index contributed by atoms with van der Waals surface area (Å²) in [4.78, 5) is 15.2. The van der Waals surface area contributed by atoms with Crippen molar-refractivity contribution in [2.24, 2.45) is 0 Å². The highest BCUT2D eigenvalue weighted by Crippen LogP contribution is 2.29. The molecule has 0 spiro atoms. The van der Waals surface area contributed by atoms with Gasteiger partial charge in [-0.3, -0.25) is 4.90 Å². The molecule has 1 aromatic carbocycles. The lowest BCUT2D eigenvalue weighted by atomic mass is 10.3. The number of benzene rings is 1. The summed E-state index contributed by atoms with van der Waals surface area (Å²) in [5.41, 5.74) is 1.09. The van der Waals surface area contributed by atoms with Gasteiger partial charge in [0.05, 0.1) is 21.6 Å². The van der Waals surface area contributed by atoms with Gasteiger partial charge in [0, 0.05) is 26.2 Å². The van der Waals surface area contributed by atoms with Crippen molar-refractivity contribution in [1.82, 2.24) is 20.0 Å². The number of thiophene rings is 1. The molecule has 0 radical (unpaired) electrons. The van der Waals surface area contributed by atoms with Crippen LogP contribution in [0.4, 0.5) is 5.13 Å². The van der Waals surface area contributed by atoms with E-state index in [0.29, 0.717) is 18.3 Å². The third-order valence-corrected chi connectivity index (χ3v) is 6.67. The van der Waals surface area contributed by atoms with Crippen LogP contribution in [0.25, 0.3) is 20.9 Å². The van der Waals surface area contributed by atoms with Crippen LogP contribution in [-0.4, -0.2) is 46.2 Å². The summed E-state index contributed by atoms with van der Waals surface area (Å²) in [7, 11) is 0. The number of nitrogens with zero attached hydrogens (tertiary/aromatic N) is 5. The Bertz CT molecular complexity index is 993. The van der Waals surface area contributed by atoms with Crippen LogP contribution in [0.2, 0.25) is 0 Å². The number of aromatic nitrogens is 3. The van der Waals surface area contributed by atoms with E-state index in [1.807, 2.05) is 23.6 Å². The third kappa shape index (κ3) is 3.60. The van der Waals surface area contributed by atoms with Gasteiger partial charge in [0.1, 0.15) is 0 Å². The Morgan fingerprint density at radius 3 is 2.85 bits per heavy atom. The Morgan fingerprint density at radius 1 is 1.00 bits per heavy atom.